The number of halogens is 1. The summed E-state index contributed by atoms with van der Waals surface area (Å²) in [4.78, 5) is -0.393. The summed E-state index contributed by atoms with van der Waals surface area (Å²) in [5.41, 5.74) is 1.59. The van der Waals surface area contributed by atoms with Crippen molar-refractivity contribution in [2.45, 2.75) is 32.7 Å². The summed E-state index contributed by atoms with van der Waals surface area (Å²) < 4.78 is 27.9. The lowest BCUT2D eigenvalue weighted by Gasteiger charge is -2.21. The van der Waals surface area contributed by atoms with Crippen LogP contribution in [0.25, 0.3) is 6.08 Å². The third-order valence-corrected chi connectivity index (χ3v) is 5.82. The van der Waals surface area contributed by atoms with Crippen LogP contribution in [-0.4, -0.2) is 13.5 Å². The Morgan fingerprint density at radius 3 is 2.44 bits per heavy atom. The van der Waals surface area contributed by atoms with E-state index < -0.39 is 14.9 Å². The molecule has 0 radical (unpaired) electrons. The number of phenols is 1. The fraction of sp³-hybridized carbons (Fsp3) is 0.250. The average molecular weight is 449 g/mol. The van der Waals surface area contributed by atoms with Crippen molar-refractivity contribution in [1.82, 2.24) is 4.72 Å². The maximum atomic E-state index is 12.5. The van der Waals surface area contributed by atoms with Crippen LogP contribution in [0.15, 0.2) is 51.8 Å². The highest BCUT2D eigenvalue weighted by Crippen LogP contribution is 2.37. The van der Waals surface area contributed by atoms with Gasteiger partial charge in [0, 0.05) is 12.1 Å². The zero-order valence-corrected chi connectivity index (χ0v) is 17.7. The summed E-state index contributed by atoms with van der Waals surface area (Å²) in [6, 6.07) is 14.1. The number of nitrogens with zero attached hydrogens (tertiary/aromatic N) is 1. The molecule has 7 heteroatoms. The van der Waals surface area contributed by atoms with Crippen LogP contribution in [0, 0.1) is 11.3 Å². The van der Waals surface area contributed by atoms with E-state index in [9.17, 15) is 18.8 Å². The number of nitrogens with one attached hydrogen (secondary N) is 1. The molecule has 0 bridgehead atoms. The SMILES string of the molecule is CC(C)(C)c1cc(C=C(C#N)S(=O)(=O)NCc2ccccc2)cc(Br)c1O. The van der Waals surface area contributed by atoms with Crippen LogP contribution in [0.5, 0.6) is 5.75 Å². The van der Waals surface area contributed by atoms with Gasteiger partial charge in [-0.2, -0.15) is 5.26 Å². The van der Waals surface area contributed by atoms with Crippen molar-refractivity contribution in [2.24, 2.45) is 0 Å². The van der Waals surface area contributed by atoms with Crippen LogP contribution < -0.4 is 4.72 Å². The molecule has 0 spiro atoms. The standard InChI is InChI=1S/C20H21BrN2O3S/c1-20(2,3)17-10-15(11-18(21)19(17)24)9-16(12-22)27(25,26)23-13-14-7-5-4-6-8-14/h4-11,23-24H,13H2,1-3H3. The van der Waals surface area contributed by atoms with Gasteiger partial charge in [0.15, 0.2) is 4.91 Å². The minimum atomic E-state index is -3.97. The molecule has 0 heterocycles. The fourth-order valence-electron chi connectivity index (χ4n) is 2.45. The average Bonchev–Trinajstić information content (AvgIpc) is 2.60. The predicted molar refractivity (Wildman–Crippen MR) is 110 cm³/mol. The quantitative estimate of drug-likeness (QED) is 0.661. The van der Waals surface area contributed by atoms with Gasteiger partial charge in [0.25, 0.3) is 10.0 Å². The molecule has 2 N–H and O–H groups in total. The Bertz CT molecular complexity index is 1000. The van der Waals surface area contributed by atoms with Gasteiger partial charge in [-0.05, 0) is 50.7 Å². The van der Waals surface area contributed by atoms with E-state index in [0.29, 0.717) is 15.6 Å². The van der Waals surface area contributed by atoms with Gasteiger partial charge in [0.2, 0.25) is 0 Å². The Morgan fingerprint density at radius 2 is 1.89 bits per heavy atom. The topological polar surface area (TPSA) is 90.2 Å². The Hall–Kier alpha value is -2.14. The summed E-state index contributed by atoms with van der Waals surface area (Å²) in [5.74, 6) is 0.100. The molecule has 0 aliphatic heterocycles. The van der Waals surface area contributed by atoms with Crippen LogP contribution in [0.3, 0.4) is 0 Å². The number of hydrogen-bond donors (Lipinski definition) is 2. The first-order valence-electron chi connectivity index (χ1n) is 8.23. The lowest BCUT2D eigenvalue weighted by molar-refractivity contribution is 0.443. The lowest BCUT2D eigenvalue weighted by atomic mass is 9.85. The highest BCUT2D eigenvalue weighted by Gasteiger charge is 2.22. The molecular weight excluding hydrogens is 428 g/mol. The molecule has 0 saturated carbocycles. The van der Waals surface area contributed by atoms with Gasteiger partial charge >= 0.3 is 0 Å². The maximum absolute atomic E-state index is 12.5. The highest BCUT2D eigenvalue weighted by atomic mass is 79.9. The molecule has 0 aliphatic carbocycles. The van der Waals surface area contributed by atoms with Crippen molar-refractivity contribution in [1.29, 1.82) is 5.26 Å². The van der Waals surface area contributed by atoms with E-state index in [4.69, 9.17) is 0 Å². The minimum Gasteiger partial charge on any atom is -0.506 e. The molecule has 0 amide bonds. The summed E-state index contributed by atoms with van der Waals surface area (Å²) in [7, 11) is -3.97. The van der Waals surface area contributed by atoms with E-state index in [-0.39, 0.29) is 17.7 Å². The van der Waals surface area contributed by atoms with E-state index in [0.717, 1.165) is 5.56 Å². The Labute approximate surface area is 168 Å². The number of rotatable bonds is 5. The molecule has 2 aromatic rings. The smallest absolute Gasteiger partial charge is 0.251 e. The van der Waals surface area contributed by atoms with Crippen molar-refractivity contribution < 1.29 is 13.5 Å². The molecule has 0 aromatic heterocycles. The number of allylic oxidation sites excluding steroid dienone is 1. The van der Waals surface area contributed by atoms with Gasteiger partial charge < -0.3 is 5.11 Å². The third kappa shape index (κ3) is 5.42. The Balaban J connectivity index is 2.38. The first-order chi connectivity index (χ1) is 12.5. The molecule has 0 saturated heterocycles. The summed E-state index contributed by atoms with van der Waals surface area (Å²) in [5, 5.41) is 19.6. The van der Waals surface area contributed by atoms with Crippen LogP contribution in [0.4, 0.5) is 0 Å². The Morgan fingerprint density at radius 1 is 1.26 bits per heavy atom. The maximum Gasteiger partial charge on any atom is 0.251 e. The monoisotopic (exact) mass is 448 g/mol. The number of hydrogen-bond acceptors (Lipinski definition) is 4. The molecule has 5 nitrogen and oxygen atoms in total. The zero-order chi connectivity index (χ0) is 20.2. The molecule has 0 unspecified atom stereocenters. The van der Waals surface area contributed by atoms with Gasteiger partial charge in [-0.1, -0.05) is 51.1 Å². The highest BCUT2D eigenvalue weighted by molar-refractivity contribution is 9.10. The largest absolute Gasteiger partial charge is 0.506 e. The van der Waals surface area contributed by atoms with Gasteiger partial charge in [-0.25, -0.2) is 13.1 Å². The van der Waals surface area contributed by atoms with E-state index in [1.165, 1.54) is 6.08 Å². The molecular formula is C20H21BrN2O3S. The second-order valence-corrected chi connectivity index (χ2v) is 9.67. The molecule has 27 heavy (non-hydrogen) atoms. The van der Waals surface area contributed by atoms with E-state index in [1.807, 2.05) is 39.0 Å². The summed E-state index contributed by atoms with van der Waals surface area (Å²) in [6.45, 7) is 5.90. The predicted octanol–water partition coefficient (Wildman–Crippen LogP) is 4.44. The first-order valence-corrected chi connectivity index (χ1v) is 10.5. The second kappa shape index (κ2) is 8.26. The van der Waals surface area contributed by atoms with Crippen molar-refractivity contribution in [2.75, 3.05) is 0 Å². The summed E-state index contributed by atoms with van der Waals surface area (Å²) >= 11 is 3.29. The van der Waals surface area contributed by atoms with Gasteiger partial charge in [-0.3, -0.25) is 0 Å². The van der Waals surface area contributed by atoms with E-state index in [1.54, 1.807) is 30.3 Å². The molecule has 0 aliphatic rings. The molecule has 142 valence electrons. The van der Waals surface area contributed by atoms with E-state index in [2.05, 4.69) is 20.7 Å². The third-order valence-electron chi connectivity index (χ3n) is 3.90. The van der Waals surface area contributed by atoms with Crippen LogP contribution >= 0.6 is 15.9 Å². The number of benzene rings is 2. The normalized spacial score (nSPS) is 12.6. The van der Waals surface area contributed by atoms with Gasteiger partial charge in [0.1, 0.15) is 11.8 Å². The summed E-state index contributed by atoms with van der Waals surface area (Å²) in [6.07, 6.45) is 1.30. The van der Waals surface area contributed by atoms with Crippen molar-refractivity contribution in [3.05, 3.63) is 68.5 Å². The lowest BCUT2D eigenvalue weighted by Crippen LogP contribution is -2.24. The van der Waals surface area contributed by atoms with Gasteiger partial charge in [0.05, 0.1) is 4.47 Å². The van der Waals surface area contributed by atoms with E-state index >= 15 is 0 Å². The van der Waals surface area contributed by atoms with Crippen molar-refractivity contribution in [3.8, 4) is 11.8 Å². The number of aromatic hydroxyl groups is 1. The molecule has 2 rings (SSSR count). The van der Waals surface area contributed by atoms with Crippen molar-refractivity contribution in [3.63, 3.8) is 0 Å². The first kappa shape index (κ1) is 21.2. The zero-order valence-electron chi connectivity index (χ0n) is 15.3. The number of nitriles is 1. The van der Waals surface area contributed by atoms with Crippen molar-refractivity contribution >= 4 is 32.0 Å². The van der Waals surface area contributed by atoms with Crippen LogP contribution in [0.2, 0.25) is 0 Å². The molecule has 0 atom stereocenters. The molecule has 2 aromatic carbocycles. The number of sulfonamides is 1. The van der Waals surface area contributed by atoms with Crippen LogP contribution in [-0.2, 0) is 22.0 Å². The Kier molecular flexibility index (Phi) is 6.47. The minimum absolute atomic E-state index is 0.0920. The fourth-order valence-corrected chi connectivity index (χ4v) is 3.85. The second-order valence-electron chi connectivity index (χ2n) is 7.08. The number of phenolic OH excluding ortho intramolecular Hbond substituents is 1. The van der Waals surface area contributed by atoms with Gasteiger partial charge in [-0.15, -0.1) is 0 Å². The molecule has 0 fully saturated rings. The van der Waals surface area contributed by atoms with Crippen LogP contribution in [0.1, 0.15) is 37.5 Å².